The third kappa shape index (κ3) is 3.46. The predicted molar refractivity (Wildman–Crippen MR) is 60.2 cm³/mol. The lowest BCUT2D eigenvalue weighted by Gasteiger charge is -2.18. The summed E-state index contributed by atoms with van der Waals surface area (Å²) in [4.78, 5) is 4.34. The number of nitrogens with zero attached hydrogens (tertiary/aromatic N) is 1. The van der Waals surface area contributed by atoms with E-state index in [1.54, 1.807) is 0 Å². The van der Waals surface area contributed by atoms with Gasteiger partial charge in [-0.05, 0) is 44.0 Å². The van der Waals surface area contributed by atoms with Gasteiger partial charge in [0.2, 0.25) is 0 Å². The molecule has 0 bridgehead atoms. The normalized spacial score (nSPS) is 15.1. The maximum absolute atomic E-state index is 4.34. The van der Waals surface area contributed by atoms with Crippen molar-refractivity contribution in [1.29, 1.82) is 0 Å². The Morgan fingerprint density at radius 3 is 2.64 bits per heavy atom. The van der Waals surface area contributed by atoms with E-state index in [1.165, 1.54) is 5.69 Å². The zero-order chi connectivity index (χ0) is 10.4. The number of pyridine rings is 1. The first-order valence-corrected chi connectivity index (χ1v) is 5.28. The molecule has 0 spiro atoms. The molecular weight excluding hydrogens is 172 g/mol. The number of hydrogen-bond donors (Lipinski definition) is 1. The van der Waals surface area contributed by atoms with Crippen molar-refractivity contribution in [3.8, 4) is 0 Å². The predicted octanol–water partition coefficient (Wildman–Crippen LogP) is 2.12. The summed E-state index contributed by atoms with van der Waals surface area (Å²) in [5.41, 5.74) is 1.20. The molecule has 2 unspecified atom stereocenters. The average Bonchev–Trinajstić information content (AvgIpc) is 2.19. The Balaban J connectivity index is 2.44. The average molecular weight is 192 g/mol. The fraction of sp³-hybridized carbons (Fsp3) is 0.583. The van der Waals surface area contributed by atoms with E-state index in [1.807, 2.05) is 19.3 Å². The van der Waals surface area contributed by atoms with Crippen LogP contribution in [0, 0.1) is 11.8 Å². The Labute approximate surface area is 86.8 Å². The van der Waals surface area contributed by atoms with Crippen molar-refractivity contribution in [2.45, 2.75) is 20.3 Å². The van der Waals surface area contributed by atoms with E-state index < -0.39 is 0 Å². The first kappa shape index (κ1) is 11.2. The highest BCUT2D eigenvalue weighted by molar-refractivity contribution is 5.04. The van der Waals surface area contributed by atoms with E-state index in [0.29, 0.717) is 11.8 Å². The second kappa shape index (κ2) is 5.76. The molecule has 1 aromatic heterocycles. The van der Waals surface area contributed by atoms with Crippen LogP contribution in [0.5, 0.6) is 0 Å². The first-order chi connectivity index (χ1) is 6.74. The van der Waals surface area contributed by atoms with E-state index in [9.17, 15) is 0 Å². The van der Waals surface area contributed by atoms with Gasteiger partial charge < -0.3 is 5.32 Å². The molecule has 1 rings (SSSR count). The molecule has 0 aliphatic heterocycles. The molecule has 0 fully saturated rings. The van der Waals surface area contributed by atoms with Gasteiger partial charge in [-0.25, -0.2) is 0 Å². The molecule has 1 aromatic rings. The van der Waals surface area contributed by atoms with Gasteiger partial charge in [-0.2, -0.15) is 0 Å². The molecule has 0 saturated carbocycles. The summed E-state index contributed by atoms with van der Waals surface area (Å²) in [6.45, 7) is 5.65. The maximum atomic E-state index is 4.34. The van der Waals surface area contributed by atoms with Gasteiger partial charge in [0.15, 0.2) is 0 Å². The van der Waals surface area contributed by atoms with E-state index in [-0.39, 0.29) is 0 Å². The van der Waals surface area contributed by atoms with Crippen molar-refractivity contribution >= 4 is 0 Å². The standard InChI is InChI=1S/C12H20N2/c1-10(11(2)9-13-3)8-12-6-4-5-7-14-12/h4-7,10-11,13H,8-9H2,1-3H3. The monoisotopic (exact) mass is 192 g/mol. The van der Waals surface area contributed by atoms with Crippen molar-refractivity contribution in [2.24, 2.45) is 11.8 Å². The highest BCUT2D eigenvalue weighted by atomic mass is 14.8. The van der Waals surface area contributed by atoms with Gasteiger partial charge in [0.1, 0.15) is 0 Å². The van der Waals surface area contributed by atoms with E-state index in [0.717, 1.165) is 13.0 Å². The van der Waals surface area contributed by atoms with Crippen molar-refractivity contribution in [3.05, 3.63) is 30.1 Å². The van der Waals surface area contributed by atoms with Crippen LogP contribution in [0.3, 0.4) is 0 Å². The number of nitrogens with one attached hydrogen (secondary N) is 1. The van der Waals surface area contributed by atoms with Gasteiger partial charge >= 0.3 is 0 Å². The molecule has 0 aromatic carbocycles. The van der Waals surface area contributed by atoms with Crippen LogP contribution in [0.15, 0.2) is 24.4 Å². The van der Waals surface area contributed by atoms with Crippen LogP contribution < -0.4 is 5.32 Å². The van der Waals surface area contributed by atoms with Gasteiger partial charge in [-0.1, -0.05) is 19.9 Å². The van der Waals surface area contributed by atoms with Crippen LogP contribution in [0.4, 0.5) is 0 Å². The zero-order valence-corrected chi connectivity index (χ0v) is 9.33. The third-order valence-corrected chi connectivity index (χ3v) is 2.75. The van der Waals surface area contributed by atoms with Crippen molar-refractivity contribution in [3.63, 3.8) is 0 Å². The summed E-state index contributed by atoms with van der Waals surface area (Å²) < 4.78 is 0. The SMILES string of the molecule is CNCC(C)C(C)Cc1ccccn1. The Hall–Kier alpha value is -0.890. The molecule has 0 saturated heterocycles. The van der Waals surface area contributed by atoms with Crippen molar-refractivity contribution in [2.75, 3.05) is 13.6 Å². The third-order valence-electron chi connectivity index (χ3n) is 2.75. The first-order valence-electron chi connectivity index (χ1n) is 5.28. The highest BCUT2D eigenvalue weighted by Crippen LogP contribution is 2.14. The topological polar surface area (TPSA) is 24.9 Å². The minimum Gasteiger partial charge on any atom is -0.319 e. The number of hydrogen-bond acceptors (Lipinski definition) is 2. The van der Waals surface area contributed by atoms with Crippen LogP contribution in [0.1, 0.15) is 19.5 Å². The molecular formula is C12H20N2. The minimum absolute atomic E-state index is 0.678. The van der Waals surface area contributed by atoms with Gasteiger partial charge in [0.05, 0.1) is 0 Å². The Bertz CT molecular complexity index is 246. The van der Waals surface area contributed by atoms with Gasteiger partial charge in [-0.3, -0.25) is 4.98 Å². The molecule has 0 amide bonds. The smallest absolute Gasteiger partial charge is 0.0406 e. The molecule has 1 heterocycles. The van der Waals surface area contributed by atoms with Crippen molar-refractivity contribution < 1.29 is 0 Å². The second-order valence-electron chi connectivity index (χ2n) is 4.04. The molecule has 0 aliphatic carbocycles. The highest BCUT2D eigenvalue weighted by Gasteiger charge is 2.12. The lowest BCUT2D eigenvalue weighted by Crippen LogP contribution is -2.23. The molecule has 0 aliphatic rings. The van der Waals surface area contributed by atoms with E-state index >= 15 is 0 Å². The largest absolute Gasteiger partial charge is 0.319 e. The molecule has 78 valence electrons. The summed E-state index contributed by atoms with van der Waals surface area (Å²) >= 11 is 0. The maximum Gasteiger partial charge on any atom is 0.0406 e. The van der Waals surface area contributed by atoms with Gasteiger partial charge in [0, 0.05) is 11.9 Å². The molecule has 2 heteroatoms. The summed E-state index contributed by atoms with van der Waals surface area (Å²) in [5, 5.41) is 3.21. The van der Waals surface area contributed by atoms with Crippen molar-refractivity contribution in [1.82, 2.24) is 10.3 Å². The fourth-order valence-electron chi connectivity index (χ4n) is 1.57. The van der Waals surface area contributed by atoms with Crippen LogP contribution in [-0.4, -0.2) is 18.6 Å². The minimum atomic E-state index is 0.678. The van der Waals surface area contributed by atoms with Gasteiger partial charge in [0.25, 0.3) is 0 Å². The Morgan fingerprint density at radius 1 is 1.29 bits per heavy atom. The summed E-state index contributed by atoms with van der Waals surface area (Å²) in [6.07, 6.45) is 2.94. The summed E-state index contributed by atoms with van der Waals surface area (Å²) in [6, 6.07) is 6.12. The van der Waals surface area contributed by atoms with Crippen LogP contribution in [0.25, 0.3) is 0 Å². The zero-order valence-electron chi connectivity index (χ0n) is 9.33. The fourth-order valence-corrected chi connectivity index (χ4v) is 1.57. The molecule has 2 atom stereocenters. The lowest BCUT2D eigenvalue weighted by atomic mass is 9.91. The number of rotatable bonds is 5. The molecule has 1 N–H and O–H groups in total. The Kier molecular flexibility index (Phi) is 4.60. The van der Waals surface area contributed by atoms with E-state index in [2.05, 4.69) is 36.3 Å². The second-order valence-corrected chi connectivity index (χ2v) is 4.04. The van der Waals surface area contributed by atoms with Crippen LogP contribution in [0.2, 0.25) is 0 Å². The molecule has 2 nitrogen and oxygen atoms in total. The summed E-state index contributed by atoms with van der Waals surface area (Å²) in [5.74, 6) is 1.37. The number of aromatic nitrogens is 1. The lowest BCUT2D eigenvalue weighted by molar-refractivity contribution is 0.372. The quantitative estimate of drug-likeness (QED) is 0.773. The van der Waals surface area contributed by atoms with Crippen LogP contribution >= 0.6 is 0 Å². The Morgan fingerprint density at radius 2 is 2.07 bits per heavy atom. The van der Waals surface area contributed by atoms with Gasteiger partial charge in [-0.15, -0.1) is 0 Å². The molecule has 14 heavy (non-hydrogen) atoms. The summed E-state index contributed by atoms with van der Waals surface area (Å²) in [7, 11) is 2.00. The van der Waals surface area contributed by atoms with E-state index in [4.69, 9.17) is 0 Å². The molecule has 0 radical (unpaired) electrons. The van der Waals surface area contributed by atoms with Crippen LogP contribution in [-0.2, 0) is 6.42 Å².